The van der Waals surface area contributed by atoms with Gasteiger partial charge in [0.05, 0.1) is 30.1 Å². The zero-order valence-electron chi connectivity index (χ0n) is 11.5. The van der Waals surface area contributed by atoms with Crippen LogP contribution in [-0.4, -0.2) is 58.5 Å². The first-order valence-electron chi connectivity index (χ1n) is 6.20. The Hall–Kier alpha value is -2.17. The van der Waals surface area contributed by atoms with Crippen molar-refractivity contribution >= 4 is 11.6 Å². The highest BCUT2D eigenvalue weighted by molar-refractivity contribution is 5.81. The number of halogens is 3. The molecule has 0 radical (unpaired) electrons. The third-order valence-electron chi connectivity index (χ3n) is 3.31. The number of aromatic nitrogens is 2. The third kappa shape index (κ3) is 3.35. The minimum atomic E-state index is -4.94. The average molecular weight is 322 g/mol. The van der Waals surface area contributed by atoms with E-state index in [1.54, 1.807) is 0 Å². The Labute approximate surface area is 122 Å². The minimum Gasteiger partial charge on any atom is -0.380 e. The summed E-state index contributed by atoms with van der Waals surface area (Å²) in [6, 6.07) is 0. The molecule has 0 N–H and O–H groups in total. The quantitative estimate of drug-likeness (QED) is 0.591. The van der Waals surface area contributed by atoms with E-state index >= 15 is 0 Å². The van der Waals surface area contributed by atoms with Crippen LogP contribution >= 0.6 is 0 Å². The van der Waals surface area contributed by atoms with Crippen molar-refractivity contribution < 1.29 is 27.6 Å². The topological polar surface area (TPSA) is 90.5 Å². The van der Waals surface area contributed by atoms with E-state index in [0.29, 0.717) is 4.90 Å². The maximum atomic E-state index is 12.4. The van der Waals surface area contributed by atoms with Crippen LogP contribution in [0.5, 0.6) is 0 Å². The fourth-order valence-electron chi connectivity index (χ4n) is 2.29. The van der Waals surface area contributed by atoms with Crippen LogP contribution < -0.4 is 0 Å². The molecule has 8 nitrogen and oxygen atoms in total. The van der Waals surface area contributed by atoms with Crippen molar-refractivity contribution in [2.75, 3.05) is 26.8 Å². The molecule has 1 fully saturated rings. The molecule has 1 saturated heterocycles. The van der Waals surface area contributed by atoms with Crippen molar-refractivity contribution in [1.82, 2.24) is 14.7 Å². The summed E-state index contributed by atoms with van der Waals surface area (Å²) >= 11 is 0. The van der Waals surface area contributed by atoms with E-state index in [1.807, 2.05) is 0 Å². The molecule has 0 bridgehead atoms. The van der Waals surface area contributed by atoms with Crippen LogP contribution in [0.25, 0.3) is 0 Å². The maximum absolute atomic E-state index is 12.4. The molecule has 1 aromatic rings. The van der Waals surface area contributed by atoms with Crippen molar-refractivity contribution in [1.29, 1.82) is 0 Å². The van der Waals surface area contributed by atoms with Crippen LogP contribution in [-0.2, 0) is 16.1 Å². The van der Waals surface area contributed by atoms with Gasteiger partial charge in [0.1, 0.15) is 12.4 Å². The van der Waals surface area contributed by atoms with Gasteiger partial charge in [0.25, 0.3) is 0 Å². The standard InChI is InChI=1S/C11H13F3N4O4/c1-16(9(19)11(12,13)14)4-10(6-22-7-10)5-17-3-8(2-15-17)18(20)21/h2-3H,4-7H2,1H3. The fourth-order valence-corrected chi connectivity index (χ4v) is 2.29. The summed E-state index contributed by atoms with van der Waals surface area (Å²) in [5, 5.41) is 14.4. The minimum absolute atomic E-state index is 0.121. The van der Waals surface area contributed by atoms with E-state index < -0.39 is 22.4 Å². The van der Waals surface area contributed by atoms with Crippen LogP contribution in [0.4, 0.5) is 18.9 Å². The monoisotopic (exact) mass is 322 g/mol. The Morgan fingerprint density at radius 3 is 2.64 bits per heavy atom. The van der Waals surface area contributed by atoms with E-state index in [-0.39, 0.29) is 32.0 Å². The highest BCUT2D eigenvalue weighted by atomic mass is 19.4. The molecule has 2 heterocycles. The molecule has 1 aromatic heterocycles. The first-order valence-corrected chi connectivity index (χ1v) is 6.20. The van der Waals surface area contributed by atoms with Gasteiger partial charge < -0.3 is 9.64 Å². The van der Waals surface area contributed by atoms with Gasteiger partial charge in [-0.15, -0.1) is 0 Å². The number of carbonyl (C=O) groups excluding carboxylic acids is 1. The summed E-state index contributed by atoms with van der Waals surface area (Å²) in [4.78, 5) is 21.7. The van der Waals surface area contributed by atoms with Crippen molar-refractivity contribution in [2.45, 2.75) is 12.7 Å². The summed E-state index contributed by atoms with van der Waals surface area (Å²) in [5.74, 6) is -1.94. The molecule has 1 aliphatic rings. The van der Waals surface area contributed by atoms with E-state index in [1.165, 1.54) is 10.9 Å². The lowest BCUT2D eigenvalue weighted by Gasteiger charge is -2.43. The molecular formula is C11H13F3N4O4. The van der Waals surface area contributed by atoms with E-state index in [2.05, 4.69) is 5.10 Å². The van der Waals surface area contributed by atoms with Gasteiger partial charge in [-0.2, -0.15) is 18.3 Å². The zero-order valence-corrected chi connectivity index (χ0v) is 11.5. The van der Waals surface area contributed by atoms with E-state index in [0.717, 1.165) is 13.2 Å². The molecule has 0 spiro atoms. The highest BCUT2D eigenvalue weighted by Gasteiger charge is 2.46. The largest absolute Gasteiger partial charge is 0.471 e. The SMILES string of the molecule is CN(CC1(Cn2cc([N+](=O)[O-])cn2)COC1)C(=O)C(F)(F)F. The Kier molecular flexibility index (Phi) is 4.09. The number of hydrogen-bond donors (Lipinski definition) is 0. The lowest BCUT2D eigenvalue weighted by atomic mass is 9.85. The molecule has 122 valence electrons. The van der Waals surface area contributed by atoms with Gasteiger partial charge in [-0.3, -0.25) is 19.6 Å². The van der Waals surface area contributed by atoms with Crippen molar-refractivity contribution in [2.24, 2.45) is 5.41 Å². The van der Waals surface area contributed by atoms with Crippen LogP contribution in [0.2, 0.25) is 0 Å². The van der Waals surface area contributed by atoms with Crippen LogP contribution in [0, 0.1) is 15.5 Å². The van der Waals surface area contributed by atoms with Gasteiger partial charge in [-0.1, -0.05) is 0 Å². The van der Waals surface area contributed by atoms with Gasteiger partial charge in [0.2, 0.25) is 0 Å². The molecule has 1 amide bonds. The molecule has 22 heavy (non-hydrogen) atoms. The Morgan fingerprint density at radius 2 is 2.23 bits per heavy atom. The van der Waals surface area contributed by atoms with Crippen molar-refractivity contribution in [3.63, 3.8) is 0 Å². The second-order valence-corrected chi connectivity index (χ2v) is 5.30. The number of alkyl halides is 3. The molecule has 0 saturated carbocycles. The second-order valence-electron chi connectivity index (χ2n) is 5.30. The summed E-state index contributed by atoms with van der Waals surface area (Å²) < 4.78 is 43.5. The second kappa shape index (κ2) is 5.55. The molecular weight excluding hydrogens is 309 g/mol. The third-order valence-corrected chi connectivity index (χ3v) is 3.31. The number of ether oxygens (including phenoxy) is 1. The van der Waals surface area contributed by atoms with Gasteiger partial charge in [-0.05, 0) is 0 Å². The summed E-state index contributed by atoms with van der Waals surface area (Å²) in [6.45, 7) is 0.238. The van der Waals surface area contributed by atoms with Crippen molar-refractivity contribution in [3.8, 4) is 0 Å². The van der Waals surface area contributed by atoms with Gasteiger partial charge in [0.15, 0.2) is 0 Å². The molecule has 11 heteroatoms. The average Bonchev–Trinajstić information content (AvgIpc) is 2.82. The molecule has 0 aromatic carbocycles. The van der Waals surface area contributed by atoms with E-state index in [9.17, 15) is 28.1 Å². The smallest absolute Gasteiger partial charge is 0.380 e. The summed E-state index contributed by atoms with van der Waals surface area (Å²) in [6.07, 6.45) is -2.70. The predicted octanol–water partition coefficient (Wildman–Crippen LogP) is 0.829. The maximum Gasteiger partial charge on any atom is 0.471 e. The molecule has 0 unspecified atom stereocenters. The number of hydrogen-bond acceptors (Lipinski definition) is 5. The van der Waals surface area contributed by atoms with Gasteiger partial charge >= 0.3 is 17.8 Å². The number of nitro groups is 1. The van der Waals surface area contributed by atoms with Crippen LogP contribution in [0.3, 0.4) is 0 Å². The van der Waals surface area contributed by atoms with Crippen LogP contribution in [0.1, 0.15) is 0 Å². The molecule has 0 atom stereocenters. The first kappa shape index (κ1) is 16.2. The Morgan fingerprint density at radius 1 is 1.59 bits per heavy atom. The molecule has 1 aliphatic heterocycles. The normalized spacial score (nSPS) is 16.9. The van der Waals surface area contributed by atoms with Crippen molar-refractivity contribution in [3.05, 3.63) is 22.5 Å². The predicted molar refractivity (Wildman–Crippen MR) is 65.8 cm³/mol. The first-order chi connectivity index (χ1) is 10.1. The van der Waals surface area contributed by atoms with Crippen LogP contribution in [0.15, 0.2) is 12.4 Å². The van der Waals surface area contributed by atoms with E-state index in [4.69, 9.17) is 4.74 Å². The number of rotatable bonds is 5. The Balaban J connectivity index is 2.06. The van der Waals surface area contributed by atoms with Gasteiger partial charge in [0, 0.05) is 13.6 Å². The molecule has 2 rings (SSSR count). The summed E-state index contributed by atoms with van der Waals surface area (Å²) in [7, 11) is 1.06. The highest BCUT2D eigenvalue weighted by Crippen LogP contribution is 2.32. The fraction of sp³-hybridized carbons (Fsp3) is 0.636. The number of nitrogens with zero attached hydrogens (tertiary/aromatic N) is 4. The lowest BCUT2D eigenvalue weighted by Crippen LogP contribution is -2.55. The lowest BCUT2D eigenvalue weighted by molar-refractivity contribution is -0.385. The van der Waals surface area contributed by atoms with Gasteiger partial charge in [-0.25, -0.2) is 0 Å². The number of carbonyl (C=O) groups is 1. The number of amides is 1. The summed E-state index contributed by atoms with van der Waals surface area (Å²) in [5.41, 5.74) is -0.953. The zero-order chi connectivity index (χ0) is 16.5. The Bertz CT molecular complexity index is 582. The molecule has 0 aliphatic carbocycles.